The van der Waals surface area contributed by atoms with Gasteiger partial charge < -0.3 is 15.2 Å². The maximum atomic E-state index is 8.98. The van der Waals surface area contributed by atoms with E-state index in [-0.39, 0.29) is 6.61 Å². The molecule has 0 fully saturated rings. The molecular formula is C13H22N2O2. The van der Waals surface area contributed by atoms with Gasteiger partial charge in [0.25, 0.3) is 0 Å². The molecular weight excluding hydrogens is 216 g/mol. The largest absolute Gasteiger partial charge is 0.481 e. The molecule has 1 aromatic heterocycles. The normalized spacial score (nSPS) is 12.2. The highest BCUT2D eigenvalue weighted by Gasteiger charge is 2.07. The van der Waals surface area contributed by atoms with Gasteiger partial charge in [-0.25, -0.2) is 4.98 Å². The van der Waals surface area contributed by atoms with Gasteiger partial charge in [0.1, 0.15) is 0 Å². The second-order valence-corrected chi connectivity index (χ2v) is 4.13. The van der Waals surface area contributed by atoms with Crippen molar-refractivity contribution in [1.82, 2.24) is 4.98 Å². The van der Waals surface area contributed by atoms with Crippen molar-refractivity contribution in [3.8, 4) is 5.88 Å². The van der Waals surface area contributed by atoms with E-state index in [2.05, 4.69) is 17.2 Å². The Morgan fingerprint density at radius 1 is 1.47 bits per heavy atom. The second-order valence-electron chi connectivity index (χ2n) is 4.13. The lowest BCUT2D eigenvalue weighted by atomic mass is 10.0. The van der Waals surface area contributed by atoms with Crippen molar-refractivity contribution in [2.45, 2.75) is 26.2 Å². The summed E-state index contributed by atoms with van der Waals surface area (Å²) in [4.78, 5) is 4.06. The van der Waals surface area contributed by atoms with E-state index in [1.165, 1.54) is 0 Å². The van der Waals surface area contributed by atoms with E-state index in [0.717, 1.165) is 31.5 Å². The van der Waals surface area contributed by atoms with Crippen LogP contribution in [-0.4, -0.2) is 30.4 Å². The summed E-state index contributed by atoms with van der Waals surface area (Å²) in [5, 5.41) is 12.3. The maximum Gasteiger partial charge on any atom is 0.214 e. The highest BCUT2D eigenvalue weighted by molar-refractivity contribution is 5.44. The summed E-state index contributed by atoms with van der Waals surface area (Å²) < 4.78 is 5.07. The number of aromatic nitrogens is 1. The highest BCUT2D eigenvalue weighted by atomic mass is 16.5. The standard InChI is InChI=1S/C13H22N2O2/c1-3-4-11(6-8-16)10-15-12-5-7-14-13(9-12)17-2/h5,7,9,11,16H,3-4,6,8,10H2,1-2H3,(H,14,15). The molecule has 0 bridgehead atoms. The van der Waals surface area contributed by atoms with Gasteiger partial charge in [0.2, 0.25) is 5.88 Å². The van der Waals surface area contributed by atoms with Crippen LogP contribution < -0.4 is 10.1 Å². The number of pyridine rings is 1. The summed E-state index contributed by atoms with van der Waals surface area (Å²) in [6.07, 6.45) is 4.85. The van der Waals surface area contributed by atoms with E-state index < -0.39 is 0 Å². The number of hydrogen-bond donors (Lipinski definition) is 2. The van der Waals surface area contributed by atoms with Gasteiger partial charge in [-0.05, 0) is 24.8 Å². The molecule has 0 saturated carbocycles. The van der Waals surface area contributed by atoms with E-state index in [4.69, 9.17) is 9.84 Å². The summed E-state index contributed by atoms with van der Waals surface area (Å²) in [6.45, 7) is 3.30. The fraction of sp³-hybridized carbons (Fsp3) is 0.615. The first-order chi connectivity index (χ1) is 8.30. The quantitative estimate of drug-likeness (QED) is 0.729. The van der Waals surface area contributed by atoms with Crippen LogP contribution in [0.25, 0.3) is 0 Å². The predicted octanol–water partition coefficient (Wildman–Crippen LogP) is 2.30. The SMILES string of the molecule is CCCC(CCO)CNc1ccnc(OC)c1. The first-order valence-corrected chi connectivity index (χ1v) is 6.15. The number of methoxy groups -OCH3 is 1. The summed E-state index contributed by atoms with van der Waals surface area (Å²) in [5.41, 5.74) is 1.01. The zero-order valence-corrected chi connectivity index (χ0v) is 10.6. The third-order valence-corrected chi connectivity index (χ3v) is 2.77. The Labute approximate surface area is 103 Å². The molecule has 2 N–H and O–H groups in total. The Bertz CT molecular complexity index is 312. The fourth-order valence-electron chi connectivity index (χ4n) is 1.83. The first kappa shape index (κ1) is 13.8. The van der Waals surface area contributed by atoms with E-state index >= 15 is 0 Å². The van der Waals surface area contributed by atoms with Gasteiger partial charge in [-0.2, -0.15) is 0 Å². The Hall–Kier alpha value is -1.29. The minimum atomic E-state index is 0.256. The minimum absolute atomic E-state index is 0.256. The number of nitrogens with one attached hydrogen (secondary N) is 1. The molecule has 0 aliphatic heterocycles. The first-order valence-electron chi connectivity index (χ1n) is 6.15. The van der Waals surface area contributed by atoms with Crippen molar-refractivity contribution in [1.29, 1.82) is 0 Å². The van der Waals surface area contributed by atoms with Crippen LogP contribution in [0.5, 0.6) is 5.88 Å². The van der Waals surface area contributed by atoms with Crippen molar-refractivity contribution in [2.75, 3.05) is 25.6 Å². The molecule has 96 valence electrons. The van der Waals surface area contributed by atoms with Crippen LogP contribution in [-0.2, 0) is 0 Å². The Balaban J connectivity index is 2.46. The fourth-order valence-corrected chi connectivity index (χ4v) is 1.83. The molecule has 0 radical (unpaired) electrons. The van der Waals surface area contributed by atoms with Gasteiger partial charge in [-0.15, -0.1) is 0 Å². The summed E-state index contributed by atoms with van der Waals surface area (Å²) in [6, 6.07) is 3.80. The lowest BCUT2D eigenvalue weighted by Gasteiger charge is -2.16. The Morgan fingerprint density at radius 3 is 2.94 bits per heavy atom. The van der Waals surface area contributed by atoms with Crippen LogP contribution in [0, 0.1) is 5.92 Å². The summed E-state index contributed by atoms with van der Waals surface area (Å²) >= 11 is 0. The van der Waals surface area contributed by atoms with Crippen molar-refractivity contribution in [3.63, 3.8) is 0 Å². The summed E-state index contributed by atoms with van der Waals surface area (Å²) in [7, 11) is 1.61. The van der Waals surface area contributed by atoms with E-state index in [0.29, 0.717) is 11.8 Å². The van der Waals surface area contributed by atoms with Gasteiger partial charge in [0.05, 0.1) is 7.11 Å². The molecule has 4 nitrogen and oxygen atoms in total. The monoisotopic (exact) mass is 238 g/mol. The molecule has 0 saturated heterocycles. The van der Waals surface area contributed by atoms with Crippen molar-refractivity contribution in [3.05, 3.63) is 18.3 Å². The van der Waals surface area contributed by atoms with Crippen molar-refractivity contribution < 1.29 is 9.84 Å². The molecule has 1 heterocycles. The molecule has 4 heteroatoms. The number of rotatable bonds is 8. The van der Waals surface area contributed by atoms with Crippen LogP contribution in [0.4, 0.5) is 5.69 Å². The highest BCUT2D eigenvalue weighted by Crippen LogP contribution is 2.16. The number of nitrogens with zero attached hydrogens (tertiary/aromatic N) is 1. The van der Waals surface area contributed by atoms with Crippen LogP contribution in [0.15, 0.2) is 18.3 Å². The molecule has 17 heavy (non-hydrogen) atoms. The number of anilines is 1. The smallest absolute Gasteiger partial charge is 0.214 e. The van der Waals surface area contributed by atoms with Crippen molar-refractivity contribution >= 4 is 5.69 Å². The van der Waals surface area contributed by atoms with E-state index in [1.54, 1.807) is 13.3 Å². The molecule has 0 aliphatic rings. The topological polar surface area (TPSA) is 54.4 Å². The van der Waals surface area contributed by atoms with E-state index in [9.17, 15) is 0 Å². The van der Waals surface area contributed by atoms with E-state index in [1.807, 2.05) is 12.1 Å². The van der Waals surface area contributed by atoms with Gasteiger partial charge >= 0.3 is 0 Å². The third-order valence-electron chi connectivity index (χ3n) is 2.77. The van der Waals surface area contributed by atoms with Gasteiger partial charge in [-0.1, -0.05) is 13.3 Å². The molecule has 0 aromatic carbocycles. The van der Waals surface area contributed by atoms with Crippen LogP contribution >= 0.6 is 0 Å². The molecule has 0 aliphatic carbocycles. The number of aliphatic hydroxyl groups is 1. The zero-order chi connectivity index (χ0) is 12.5. The van der Waals surface area contributed by atoms with Crippen molar-refractivity contribution in [2.24, 2.45) is 5.92 Å². The second kappa shape index (κ2) is 7.90. The average Bonchev–Trinajstić information content (AvgIpc) is 2.37. The Kier molecular flexibility index (Phi) is 6.40. The molecule has 1 rings (SSSR count). The van der Waals surface area contributed by atoms with Crippen LogP contribution in [0.2, 0.25) is 0 Å². The van der Waals surface area contributed by atoms with Gasteiger partial charge in [0.15, 0.2) is 0 Å². The van der Waals surface area contributed by atoms with Gasteiger partial charge in [-0.3, -0.25) is 0 Å². The molecule has 0 spiro atoms. The Morgan fingerprint density at radius 2 is 2.29 bits per heavy atom. The lowest BCUT2D eigenvalue weighted by Crippen LogP contribution is -2.15. The number of hydrogen-bond acceptors (Lipinski definition) is 4. The predicted molar refractivity (Wildman–Crippen MR) is 69.4 cm³/mol. The maximum absolute atomic E-state index is 8.98. The third kappa shape index (κ3) is 5.04. The van der Waals surface area contributed by atoms with Crippen LogP contribution in [0.1, 0.15) is 26.2 Å². The average molecular weight is 238 g/mol. The molecule has 1 atom stereocenters. The lowest BCUT2D eigenvalue weighted by molar-refractivity contribution is 0.255. The molecule has 1 unspecified atom stereocenters. The number of aliphatic hydroxyl groups excluding tert-OH is 1. The zero-order valence-electron chi connectivity index (χ0n) is 10.6. The molecule has 1 aromatic rings. The minimum Gasteiger partial charge on any atom is -0.481 e. The van der Waals surface area contributed by atoms with Crippen LogP contribution in [0.3, 0.4) is 0 Å². The number of ether oxygens (including phenoxy) is 1. The van der Waals surface area contributed by atoms with Gasteiger partial charge in [0, 0.05) is 31.1 Å². The summed E-state index contributed by atoms with van der Waals surface area (Å²) in [5.74, 6) is 1.13. The molecule has 0 amide bonds.